The Kier molecular flexibility index (Phi) is 5.53. The number of amides is 1. The first-order valence-corrected chi connectivity index (χ1v) is 9.69. The molecule has 3 aromatic rings. The van der Waals surface area contributed by atoms with Crippen molar-refractivity contribution < 1.29 is 9.18 Å². The minimum absolute atomic E-state index is 0.106. The number of thiocarbonyl (C=S) groups is 1. The van der Waals surface area contributed by atoms with Gasteiger partial charge in [0.1, 0.15) is 5.82 Å². The molecule has 1 aliphatic heterocycles. The number of hydrogen-bond acceptors (Lipinski definition) is 3. The van der Waals surface area contributed by atoms with Gasteiger partial charge in [0.25, 0.3) is 0 Å². The highest BCUT2D eigenvalue weighted by molar-refractivity contribution is 7.80. The first-order valence-electron chi connectivity index (χ1n) is 9.28. The lowest BCUT2D eigenvalue weighted by Gasteiger charge is -2.26. The fraction of sp³-hybridized carbons (Fsp3) is 0.190. The van der Waals surface area contributed by atoms with Gasteiger partial charge in [-0.3, -0.25) is 9.78 Å². The van der Waals surface area contributed by atoms with Crippen LogP contribution >= 0.6 is 12.2 Å². The molecule has 0 saturated carbocycles. The fourth-order valence-corrected chi connectivity index (χ4v) is 3.82. The van der Waals surface area contributed by atoms with Crippen molar-refractivity contribution in [3.63, 3.8) is 0 Å². The molecule has 0 aliphatic carbocycles. The summed E-state index contributed by atoms with van der Waals surface area (Å²) in [5, 5.41) is 6.70. The van der Waals surface area contributed by atoms with Gasteiger partial charge < -0.3 is 20.5 Å². The van der Waals surface area contributed by atoms with Crippen LogP contribution in [0.4, 0.5) is 10.1 Å². The third kappa shape index (κ3) is 4.27. The number of halogens is 1. The Labute approximate surface area is 173 Å². The molecule has 3 N–H and O–H groups in total. The molecule has 0 bridgehead atoms. The maximum Gasteiger partial charge on any atom is 0.226 e. The van der Waals surface area contributed by atoms with E-state index in [4.69, 9.17) is 12.2 Å². The predicted octanol–water partition coefficient (Wildman–Crippen LogP) is 3.55. The number of benzene rings is 1. The SMILES string of the molecule is O=C(CCN1C(=S)NC(c2ccccn2)C1c1ccc[nH]1)Nc1ccc(F)cc1. The van der Waals surface area contributed by atoms with E-state index >= 15 is 0 Å². The van der Waals surface area contributed by atoms with Crippen LogP contribution in [0.5, 0.6) is 0 Å². The smallest absolute Gasteiger partial charge is 0.226 e. The minimum atomic E-state index is -0.342. The van der Waals surface area contributed by atoms with Crippen LogP contribution in [0.15, 0.2) is 67.0 Å². The van der Waals surface area contributed by atoms with Crippen molar-refractivity contribution >= 4 is 28.9 Å². The summed E-state index contributed by atoms with van der Waals surface area (Å²) in [4.78, 5) is 22.1. The van der Waals surface area contributed by atoms with Crippen molar-refractivity contribution in [2.24, 2.45) is 0 Å². The number of aromatic amines is 1. The Hall–Kier alpha value is -3.26. The number of carbonyl (C=O) groups excluding carboxylic acids is 1. The number of H-pyrrole nitrogens is 1. The maximum absolute atomic E-state index is 13.0. The Bertz CT molecular complexity index is 978. The average Bonchev–Trinajstić information content (AvgIpc) is 3.36. The van der Waals surface area contributed by atoms with Crippen molar-refractivity contribution in [3.05, 3.63) is 84.2 Å². The summed E-state index contributed by atoms with van der Waals surface area (Å²) < 4.78 is 13.0. The molecule has 1 amide bonds. The Morgan fingerprint density at radius 2 is 2.00 bits per heavy atom. The predicted molar refractivity (Wildman–Crippen MR) is 113 cm³/mol. The molecule has 2 aromatic heterocycles. The van der Waals surface area contributed by atoms with Crippen molar-refractivity contribution in [2.75, 3.05) is 11.9 Å². The quantitative estimate of drug-likeness (QED) is 0.543. The van der Waals surface area contributed by atoms with Crippen LogP contribution in [0.3, 0.4) is 0 Å². The Balaban J connectivity index is 1.48. The third-order valence-electron chi connectivity index (χ3n) is 4.85. The van der Waals surface area contributed by atoms with Crippen LogP contribution in [-0.4, -0.2) is 32.4 Å². The zero-order valence-corrected chi connectivity index (χ0v) is 16.3. The molecule has 3 heterocycles. The number of anilines is 1. The molecule has 1 fully saturated rings. The molecular weight excluding hydrogens is 389 g/mol. The molecule has 8 heteroatoms. The van der Waals surface area contributed by atoms with E-state index in [2.05, 4.69) is 20.6 Å². The first kappa shape index (κ1) is 19.1. The largest absolute Gasteiger partial charge is 0.363 e. The number of nitrogens with one attached hydrogen (secondary N) is 3. The summed E-state index contributed by atoms with van der Waals surface area (Å²) in [6, 6.07) is 15.2. The first-order chi connectivity index (χ1) is 14.1. The molecule has 4 rings (SSSR count). The van der Waals surface area contributed by atoms with Gasteiger partial charge in [0.05, 0.1) is 17.8 Å². The number of hydrogen-bond donors (Lipinski definition) is 3. The second kappa shape index (κ2) is 8.40. The van der Waals surface area contributed by atoms with Gasteiger partial charge in [-0.2, -0.15) is 0 Å². The highest BCUT2D eigenvalue weighted by Crippen LogP contribution is 2.37. The van der Waals surface area contributed by atoms with Crippen LogP contribution in [0, 0.1) is 5.82 Å². The lowest BCUT2D eigenvalue weighted by molar-refractivity contribution is -0.116. The summed E-state index contributed by atoms with van der Waals surface area (Å²) in [5.41, 5.74) is 2.44. The second-order valence-corrected chi connectivity index (χ2v) is 7.14. The van der Waals surface area contributed by atoms with E-state index in [1.807, 2.05) is 41.4 Å². The zero-order chi connectivity index (χ0) is 20.2. The lowest BCUT2D eigenvalue weighted by Crippen LogP contribution is -2.32. The van der Waals surface area contributed by atoms with E-state index in [9.17, 15) is 9.18 Å². The van der Waals surface area contributed by atoms with Crippen molar-refractivity contribution in [2.45, 2.75) is 18.5 Å². The fourth-order valence-electron chi connectivity index (χ4n) is 3.49. The summed E-state index contributed by atoms with van der Waals surface area (Å²) in [6.07, 6.45) is 3.86. The number of nitrogens with zero attached hydrogens (tertiary/aromatic N) is 2. The molecule has 148 valence electrons. The molecule has 1 saturated heterocycles. The van der Waals surface area contributed by atoms with Crippen molar-refractivity contribution in [3.8, 4) is 0 Å². The van der Waals surface area contributed by atoms with Crippen LogP contribution < -0.4 is 10.6 Å². The van der Waals surface area contributed by atoms with Gasteiger partial charge in [-0.05, 0) is 60.7 Å². The summed E-state index contributed by atoms with van der Waals surface area (Å²) in [7, 11) is 0. The van der Waals surface area contributed by atoms with E-state index in [1.54, 1.807) is 6.20 Å². The maximum atomic E-state index is 13.0. The molecule has 6 nitrogen and oxygen atoms in total. The summed E-state index contributed by atoms with van der Waals surface area (Å²) in [5.74, 6) is -0.503. The van der Waals surface area contributed by atoms with E-state index < -0.39 is 0 Å². The van der Waals surface area contributed by atoms with Crippen LogP contribution in [0.1, 0.15) is 29.9 Å². The standard InChI is InChI=1S/C21H20FN5OS/c22-14-6-8-15(9-7-14)25-18(28)10-13-27-20(17-5-3-12-24-17)19(26-21(27)29)16-4-1-2-11-23-16/h1-9,11-12,19-20,24H,10,13H2,(H,25,28)(H,26,29). The van der Waals surface area contributed by atoms with Crippen LogP contribution in [0.25, 0.3) is 0 Å². The van der Waals surface area contributed by atoms with Crippen LogP contribution in [-0.2, 0) is 4.79 Å². The lowest BCUT2D eigenvalue weighted by atomic mass is 10.0. The molecule has 1 aliphatic rings. The van der Waals surface area contributed by atoms with Gasteiger partial charge in [0.15, 0.2) is 5.11 Å². The molecule has 1 aromatic carbocycles. The topological polar surface area (TPSA) is 73.0 Å². The number of carbonyl (C=O) groups is 1. The highest BCUT2D eigenvalue weighted by atomic mass is 32.1. The molecule has 0 spiro atoms. The van der Waals surface area contributed by atoms with Gasteiger partial charge in [-0.1, -0.05) is 6.07 Å². The number of aromatic nitrogens is 2. The Morgan fingerprint density at radius 3 is 2.69 bits per heavy atom. The van der Waals surface area contributed by atoms with E-state index in [0.717, 1.165) is 11.4 Å². The van der Waals surface area contributed by atoms with Crippen molar-refractivity contribution in [1.29, 1.82) is 0 Å². The normalized spacial score (nSPS) is 18.5. The summed E-state index contributed by atoms with van der Waals surface area (Å²) in [6.45, 7) is 0.436. The average molecular weight is 409 g/mol. The molecule has 2 unspecified atom stereocenters. The Morgan fingerprint density at radius 1 is 1.17 bits per heavy atom. The van der Waals surface area contributed by atoms with Gasteiger partial charge >= 0.3 is 0 Å². The third-order valence-corrected chi connectivity index (χ3v) is 5.20. The van der Waals surface area contributed by atoms with Gasteiger partial charge in [-0.25, -0.2) is 4.39 Å². The highest BCUT2D eigenvalue weighted by Gasteiger charge is 2.40. The van der Waals surface area contributed by atoms with E-state index in [1.165, 1.54) is 24.3 Å². The van der Waals surface area contributed by atoms with Gasteiger partial charge in [-0.15, -0.1) is 0 Å². The van der Waals surface area contributed by atoms with Gasteiger partial charge in [0.2, 0.25) is 5.91 Å². The number of rotatable bonds is 6. The molecule has 29 heavy (non-hydrogen) atoms. The van der Waals surface area contributed by atoms with E-state index in [0.29, 0.717) is 17.3 Å². The second-order valence-electron chi connectivity index (χ2n) is 6.75. The van der Waals surface area contributed by atoms with Gasteiger partial charge in [0, 0.05) is 36.7 Å². The van der Waals surface area contributed by atoms with Crippen molar-refractivity contribution in [1.82, 2.24) is 20.2 Å². The van der Waals surface area contributed by atoms with E-state index in [-0.39, 0.29) is 30.2 Å². The molecule has 0 radical (unpaired) electrons. The number of pyridine rings is 1. The molecule has 2 atom stereocenters. The zero-order valence-electron chi connectivity index (χ0n) is 15.5. The van der Waals surface area contributed by atoms with Crippen LogP contribution in [0.2, 0.25) is 0 Å². The summed E-state index contributed by atoms with van der Waals surface area (Å²) >= 11 is 5.56. The minimum Gasteiger partial charge on any atom is -0.363 e. The molecular formula is C21H20FN5OS. The monoisotopic (exact) mass is 409 g/mol.